The highest BCUT2D eigenvalue weighted by molar-refractivity contribution is 5.00. The van der Waals surface area contributed by atoms with Gasteiger partial charge in [-0.1, -0.05) is 6.92 Å². The molecule has 1 aromatic heterocycles. The van der Waals surface area contributed by atoms with E-state index in [4.69, 9.17) is 4.74 Å². The van der Waals surface area contributed by atoms with Crippen LogP contribution in [0.2, 0.25) is 0 Å². The second-order valence-corrected chi connectivity index (χ2v) is 4.31. The van der Waals surface area contributed by atoms with Gasteiger partial charge in [-0.2, -0.15) is 0 Å². The number of rotatable bonds is 5. The van der Waals surface area contributed by atoms with Gasteiger partial charge in [-0.3, -0.25) is 0 Å². The van der Waals surface area contributed by atoms with Crippen molar-refractivity contribution in [3.63, 3.8) is 0 Å². The monoisotopic (exact) mass is 223 g/mol. The Balaban J connectivity index is 1.94. The second-order valence-electron chi connectivity index (χ2n) is 4.31. The van der Waals surface area contributed by atoms with E-state index in [9.17, 15) is 0 Å². The first-order valence-electron chi connectivity index (χ1n) is 6.21. The summed E-state index contributed by atoms with van der Waals surface area (Å²) in [5.74, 6) is 0. The Morgan fingerprint density at radius 3 is 3.06 bits per heavy atom. The lowest BCUT2D eigenvalue weighted by atomic mass is 10.1. The zero-order chi connectivity index (χ0) is 11.2. The van der Waals surface area contributed by atoms with Crippen molar-refractivity contribution in [2.24, 2.45) is 0 Å². The number of aromatic nitrogens is 2. The van der Waals surface area contributed by atoms with Crippen molar-refractivity contribution in [2.45, 2.75) is 38.8 Å². The van der Waals surface area contributed by atoms with Crippen LogP contribution < -0.4 is 5.32 Å². The second kappa shape index (κ2) is 6.01. The summed E-state index contributed by atoms with van der Waals surface area (Å²) >= 11 is 0. The van der Waals surface area contributed by atoms with E-state index in [-0.39, 0.29) is 0 Å². The fraction of sp³-hybridized carbons (Fsp3) is 0.750. The molecule has 0 aliphatic carbocycles. The van der Waals surface area contributed by atoms with Gasteiger partial charge in [0.15, 0.2) is 0 Å². The third-order valence-electron chi connectivity index (χ3n) is 3.06. The molecule has 16 heavy (non-hydrogen) atoms. The zero-order valence-electron chi connectivity index (χ0n) is 9.98. The summed E-state index contributed by atoms with van der Waals surface area (Å²) in [6.45, 7) is 5.93. The molecular formula is C12H21N3O. The third-order valence-corrected chi connectivity index (χ3v) is 3.06. The molecule has 1 aliphatic heterocycles. The first-order chi connectivity index (χ1) is 7.92. The van der Waals surface area contributed by atoms with E-state index >= 15 is 0 Å². The SMILES string of the molecule is CCCNCc1cncn1C1CCOCC1. The molecule has 4 heteroatoms. The van der Waals surface area contributed by atoms with Gasteiger partial charge in [0.25, 0.3) is 0 Å². The van der Waals surface area contributed by atoms with E-state index in [2.05, 4.69) is 21.8 Å². The number of ether oxygens (including phenoxy) is 1. The minimum Gasteiger partial charge on any atom is -0.381 e. The molecule has 0 spiro atoms. The van der Waals surface area contributed by atoms with Gasteiger partial charge >= 0.3 is 0 Å². The van der Waals surface area contributed by atoms with Crippen LogP contribution in [0.5, 0.6) is 0 Å². The molecule has 4 nitrogen and oxygen atoms in total. The van der Waals surface area contributed by atoms with Crippen molar-refractivity contribution in [1.82, 2.24) is 14.9 Å². The van der Waals surface area contributed by atoms with Crippen molar-refractivity contribution in [1.29, 1.82) is 0 Å². The molecule has 1 N–H and O–H groups in total. The molecule has 1 fully saturated rings. The van der Waals surface area contributed by atoms with E-state index in [1.54, 1.807) is 0 Å². The fourth-order valence-electron chi connectivity index (χ4n) is 2.15. The molecule has 0 unspecified atom stereocenters. The number of imidazole rings is 1. The number of nitrogens with one attached hydrogen (secondary N) is 1. The van der Waals surface area contributed by atoms with Crippen molar-refractivity contribution >= 4 is 0 Å². The molecule has 2 heterocycles. The highest BCUT2D eigenvalue weighted by Gasteiger charge is 2.17. The predicted molar refractivity (Wildman–Crippen MR) is 63.3 cm³/mol. The van der Waals surface area contributed by atoms with Gasteiger partial charge in [0.1, 0.15) is 0 Å². The van der Waals surface area contributed by atoms with Crippen molar-refractivity contribution < 1.29 is 4.74 Å². The van der Waals surface area contributed by atoms with Gasteiger partial charge in [0.05, 0.1) is 12.0 Å². The van der Waals surface area contributed by atoms with Crippen LogP contribution >= 0.6 is 0 Å². The lowest BCUT2D eigenvalue weighted by Gasteiger charge is -2.25. The van der Waals surface area contributed by atoms with Gasteiger partial charge in [-0.15, -0.1) is 0 Å². The average Bonchev–Trinajstić information content (AvgIpc) is 2.79. The molecule has 2 rings (SSSR count). The van der Waals surface area contributed by atoms with Crippen LogP contribution in [0.3, 0.4) is 0 Å². The Morgan fingerprint density at radius 2 is 2.31 bits per heavy atom. The molecule has 1 aromatic rings. The van der Waals surface area contributed by atoms with Crippen LogP contribution in [0.4, 0.5) is 0 Å². The average molecular weight is 223 g/mol. The Hall–Kier alpha value is -0.870. The van der Waals surface area contributed by atoms with Gasteiger partial charge < -0.3 is 14.6 Å². The lowest BCUT2D eigenvalue weighted by Crippen LogP contribution is -2.23. The first kappa shape index (κ1) is 11.6. The molecule has 0 amide bonds. The largest absolute Gasteiger partial charge is 0.381 e. The summed E-state index contributed by atoms with van der Waals surface area (Å²) in [6, 6.07) is 0.578. The molecule has 90 valence electrons. The maximum absolute atomic E-state index is 5.39. The molecule has 0 bridgehead atoms. The minimum absolute atomic E-state index is 0.578. The Kier molecular flexibility index (Phi) is 4.36. The van der Waals surface area contributed by atoms with Crippen LogP contribution in [0.1, 0.15) is 37.9 Å². The summed E-state index contributed by atoms with van der Waals surface area (Å²) in [6.07, 6.45) is 7.32. The third kappa shape index (κ3) is 2.83. The van der Waals surface area contributed by atoms with Gasteiger partial charge in [-0.05, 0) is 25.8 Å². The van der Waals surface area contributed by atoms with Crippen molar-refractivity contribution in [3.8, 4) is 0 Å². The summed E-state index contributed by atoms with van der Waals surface area (Å²) in [4.78, 5) is 4.26. The fourth-order valence-corrected chi connectivity index (χ4v) is 2.15. The van der Waals surface area contributed by atoms with Crippen molar-refractivity contribution in [3.05, 3.63) is 18.2 Å². The van der Waals surface area contributed by atoms with Gasteiger partial charge in [0, 0.05) is 32.0 Å². The van der Waals surface area contributed by atoms with E-state index in [0.29, 0.717) is 6.04 Å². The van der Waals surface area contributed by atoms with Crippen LogP contribution in [0, 0.1) is 0 Å². The molecule has 1 aliphatic rings. The van der Waals surface area contributed by atoms with E-state index in [1.165, 1.54) is 12.1 Å². The maximum atomic E-state index is 5.39. The normalized spacial score (nSPS) is 17.8. The van der Waals surface area contributed by atoms with Crippen molar-refractivity contribution in [2.75, 3.05) is 19.8 Å². The molecular weight excluding hydrogens is 202 g/mol. The van der Waals surface area contributed by atoms with Crippen LogP contribution in [0.15, 0.2) is 12.5 Å². The number of nitrogens with zero attached hydrogens (tertiary/aromatic N) is 2. The number of hydrogen-bond acceptors (Lipinski definition) is 3. The summed E-state index contributed by atoms with van der Waals surface area (Å²) in [5, 5.41) is 3.42. The molecule has 0 atom stereocenters. The minimum atomic E-state index is 0.578. The van der Waals surface area contributed by atoms with Crippen LogP contribution in [0.25, 0.3) is 0 Å². The Morgan fingerprint density at radius 1 is 1.50 bits per heavy atom. The smallest absolute Gasteiger partial charge is 0.0951 e. The summed E-state index contributed by atoms with van der Waals surface area (Å²) in [7, 11) is 0. The highest BCUT2D eigenvalue weighted by atomic mass is 16.5. The Bertz CT molecular complexity index is 305. The Labute approximate surface area is 97.0 Å². The summed E-state index contributed by atoms with van der Waals surface area (Å²) < 4.78 is 7.70. The maximum Gasteiger partial charge on any atom is 0.0951 e. The van der Waals surface area contributed by atoms with E-state index in [1.807, 2.05) is 12.5 Å². The first-order valence-corrected chi connectivity index (χ1v) is 6.21. The predicted octanol–water partition coefficient (Wildman–Crippen LogP) is 1.73. The standard InChI is InChI=1S/C12H21N3O/c1-2-5-13-8-12-9-14-10-15(12)11-3-6-16-7-4-11/h9-11,13H,2-8H2,1H3. The summed E-state index contributed by atoms with van der Waals surface area (Å²) in [5.41, 5.74) is 1.29. The highest BCUT2D eigenvalue weighted by Crippen LogP contribution is 2.22. The molecule has 0 aromatic carbocycles. The quantitative estimate of drug-likeness (QED) is 0.773. The van der Waals surface area contributed by atoms with Crippen LogP contribution in [-0.4, -0.2) is 29.3 Å². The zero-order valence-corrected chi connectivity index (χ0v) is 9.98. The topological polar surface area (TPSA) is 39.1 Å². The van der Waals surface area contributed by atoms with E-state index in [0.717, 1.165) is 39.1 Å². The molecule has 1 saturated heterocycles. The molecule has 0 saturated carbocycles. The number of hydrogen-bond donors (Lipinski definition) is 1. The van der Waals surface area contributed by atoms with Gasteiger partial charge in [0.2, 0.25) is 0 Å². The van der Waals surface area contributed by atoms with E-state index < -0.39 is 0 Å². The van der Waals surface area contributed by atoms with Gasteiger partial charge in [-0.25, -0.2) is 4.98 Å². The van der Waals surface area contributed by atoms with Crippen LogP contribution in [-0.2, 0) is 11.3 Å². The lowest BCUT2D eigenvalue weighted by molar-refractivity contribution is 0.0688. The molecule has 0 radical (unpaired) electrons.